The van der Waals surface area contributed by atoms with Crippen LogP contribution >= 0.6 is 0 Å². The summed E-state index contributed by atoms with van der Waals surface area (Å²) >= 11 is 0. The minimum Gasteiger partial charge on any atom is -0.461 e. The second kappa shape index (κ2) is 6.75. The summed E-state index contributed by atoms with van der Waals surface area (Å²) in [5, 5.41) is 6.73. The van der Waals surface area contributed by atoms with E-state index in [2.05, 4.69) is 15.5 Å². The van der Waals surface area contributed by atoms with Crippen LogP contribution in [0.15, 0.2) is 52.1 Å². The molecule has 0 aliphatic carbocycles. The van der Waals surface area contributed by atoms with E-state index < -0.39 is 0 Å². The molecule has 0 fully saturated rings. The summed E-state index contributed by atoms with van der Waals surface area (Å²) < 4.78 is 12.3. The van der Waals surface area contributed by atoms with Crippen molar-refractivity contribution in [1.29, 1.82) is 0 Å². The van der Waals surface area contributed by atoms with E-state index >= 15 is 0 Å². The molecule has 0 aliphatic heterocycles. The van der Waals surface area contributed by atoms with Crippen molar-refractivity contribution in [3.63, 3.8) is 0 Å². The van der Waals surface area contributed by atoms with Crippen LogP contribution < -0.4 is 5.32 Å². The predicted molar refractivity (Wildman–Crippen MR) is 77.8 cm³/mol. The van der Waals surface area contributed by atoms with Crippen molar-refractivity contribution in [3.8, 4) is 11.5 Å². The number of imidazole rings is 1. The van der Waals surface area contributed by atoms with Crippen molar-refractivity contribution in [2.75, 3.05) is 6.54 Å². The van der Waals surface area contributed by atoms with Crippen LogP contribution in [0, 0.1) is 0 Å². The summed E-state index contributed by atoms with van der Waals surface area (Å²) in [5.74, 6) is 1.04. The monoisotopic (exact) mass is 300 g/mol. The van der Waals surface area contributed by atoms with Gasteiger partial charge in [0.15, 0.2) is 5.76 Å². The lowest BCUT2D eigenvalue weighted by Gasteiger charge is -2.04. The van der Waals surface area contributed by atoms with E-state index in [-0.39, 0.29) is 12.3 Å². The van der Waals surface area contributed by atoms with Crippen molar-refractivity contribution >= 4 is 5.91 Å². The number of aromatic nitrogens is 3. The van der Waals surface area contributed by atoms with Crippen LogP contribution in [0.1, 0.15) is 12.1 Å². The second-order valence-corrected chi connectivity index (χ2v) is 4.84. The van der Waals surface area contributed by atoms with Crippen molar-refractivity contribution in [3.05, 3.63) is 48.9 Å². The average molecular weight is 300 g/mol. The molecule has 0 saturated carbocycles. The highest BCUT2D eigenvalue weighted by Crippen LogP contribution is 2.20. The number of carbonyl (C=O) groups excluding carboxylic acids is 1. The van der Waals surface area contributed by atoms with Crippen LogP contribution in [0.4, 0.5) is 0 Å². The first-order chi connectivity index (χ1) is 10.8. The van der Waals surface area contributed by atoms with E-state index in [1.54, 1.807) is 37.0 Å². The van der Waals surface area contributed by atoms with Crippen LogP contribution in [-0.4, -0.2) is 27.2 Å². The van der Waals surface area contributed by atoms with Gasteiger partial charge in [-0.3, -0.25) is 4.79 Å². The fourth-order valence-corrected chi connectivity index (χ4v) is 2.07. The summed E-state index contributed by atoms with van der Waals surface area (Å²) in [4.78, 5) is 15.8. The van der Waals surface area contributed by atoms with Crippen LogP contribution in [0.25, 0.3) is 11.5 Å². The van der Waals surface area contributed by atoms with Gasteiger partial charge in [-0.05, 0) is 18.6 Å². The number of rotatable bonds is 7. The molecule has 1 N–H and O–H groups in total. The molecule has 3 rings (SSSR count). The first kappa shape index (κ1) is 14.1. The molecule has 0 radical (unpaired) electrons. The number of aryl methyl sites for hydroxylation is 1. The number of hydrogen-bond acceptors (Lipinski definition) is 5. The largest absolute Gasteiger partial charge is 0.461 e. The van der Waals surface area contributed by atoms with Gasteiger partial charge in [0.1, 0.15) is 0 Å². The van der Waals surface area contributed by atoms with Crippen LogP contribution in [0.3, 0.4) is 0 Å². The Labute approximate surface area is 126 Å². The van der Waals surface area contributed by atoms with E-state index in [1.165, 1.54) is 0 Å². The molecule has 3 heterocycles. The number of furan rings is 1. The van der Waals surface area contributed by atoms with E-state index in [4.69, 9.17) is 8.94 Å². The fourth-order valence-electron chi connectivity index (χ4n) is 2.07. The van der Waals surface area contributed by atoms with Crippen molar-refractivity contribution < 1.29 is 13.7 Å². The standard InChI is InChI=1S/C15H16N4O3/c20-15(17-4-2-6-19-7-5-16-11-19)10-12-9-14(22-18-12)13-3-1-8-21-13/h1,3,5,7-9,11H,2,4,6,10H2,(H,17,20). The van der Waals surface area contributed by atoms with Gasteiger partial charge in [0.25, 0.3) is 0 Å². The highest BCUT2D eigenvalue weighted by Gasteiger charge is 2.11. The molecular weight excluding hydrogens is 284 g/mol. The van der Waals surface area contributed by atoms with E-state index in [0.717, 1.165) is 13.0 Å². The predicted octanol–water partition coefficient (Wildman–Crippen LogP) is 1.88. The van der Waals surface area contributed by atoms with Gasteiger partial charge in [0.05, 0.1) is 24.7 Å². The number of amides is 1. The highest BCUT2D eigenvalue weighted by molar-refractivity contribution is 5.78. The Morgan fingerprint density at radius 2 is 2.32 bits per heavy atom. The Kier molecular flexibility index (Phi) is 4.33. The zero-order valence-corrected chi connectivity index (χ0v) is 11.9. The molecule has 114 valence electrons. The number of hydrogen-bond donors (Lipinski definition) is 1. The van der Waals surface area contributed by atoms with Gasteiger partial charge in [0, 0.05) is 31.5 Å². The summed E-state index contributed by atoms with van der Waals surface area (Å²) in [6, 6.07) is 5.26. The van der Waals surface area contributed by atoms with Gasteiger partial charge >= 0.3 is 0 Å². The molecule has 0 unspecified atom stereocenters. The van der Waals surface area contributed by atoms with Crippen LogP contribution in [0.5, 0.6) is 0 Å². The van der Waals surface area contributed by atoms with Crippen molar-refractivity contribution in [2.45, 2.75) is 19.4 Å². The van der Waals surface area contributed by atoms with Gasteiger partial charge in [0.2, 0.25) is 11.7 Å². The van der Waals surface area contributed by atoms with Gasteiger partial charge < -0.3 is 18.8 Å². The average Bonchev–Trinajstić information content (AvgIpc) is 3.24. The van der Waals surface area contributed by atoms with Gasteiger partial charge in [-0.25, -0.2) is 4.98 Å². The Morgan fingerprint density at radius 3 is 3.09 bits per heavy atom. The highest BCUT2D eigenvalue weighted by atomic mass is 16.5. The summed E-state index contributed by atoms with van der Waals surface area (Å²) in [6.45, 7) is 1.44. The van der Waals surface area contributed by atoms with Gasteiger partial charge in [-0.2, -0.15) is 0 Å². The first-order valence-electron chi connectivity index (χ1n) is 7.03. The maximum atomic E-state index is 11.8. The lowest BCUT2D eigenvalue weighted by atomic mass is 10.2. The van der Waals surface area contributed by atoms with Crippen molar-refractivity contribution in [2.24, 2.45) is 0 Å². The van der Waals surface area contributed by atoms with Gasteiger partial charge in [-0.1, -0.05) is 5.16 Å². The maximum Gasteiger partial charge on any atom is 0.226 e. The lowest BCUT2D eigenvalue weighted by molar-refractivity contribution is -0.120. The molecular formula is C15H16N4O3. The van der Waals surface area contributed by atoms with Crippen LogP contribution in [-0.2, 0) is 17.8 Å². The normalized spacial score (nSPS) is 10.7. The molecule has 0 spiro atoms. The Balaban J connectivity index is 1.42. The Morgan fingerprint density at radius 1 is 1.36 bits per heavy atom. The SMILES string of the molecule is O=C(Cc1cc(-c2ccco2)on1)NCCCn1ccnc1. The zero-order valence-electron chi connectivity index (χ0n) is 11.9. The number of nitrogens with zero attached hydrogens (tertiary/aromatic N) is 3. The summed E-state index contributed by atoms with van der Waals surface area (Å²) in [6.07, 6.45) is 7.98. The van der Waals surface area contributed by atoms with Gasteiger partial charge in [-0.15, -0.1) is 0 Å². The molecule has 0 saturated heterocycles. The summed E-state index contributed by atoms with van der Waals surface area (Å²) in [5.41, 5.74) is 0.582. The minimum absolute atomic E-state index is 0.0788. The molecule has 0 bridgehead atoms. The third-order valence-corrected chi connectivity index (χ3v) is 3.14. The molecule has 7 nitrogen and oxygen atoms in total. The van der Waals surface area contributed by atoms with Crippen LogP contribution in [0.2, 0.25) is 0 Å². The van der Waals surface area contributed by atoms with E-state index in [0.29, 0.717) is 23.8 Å². The zero-order chi connectivity index (χ0) is 15.2. The second-order valence-electron chi connectivity index (χ2n) is 4.84. The molecule has 0 aliphatic rings. The Bertz CT molecular complexity index is 701. The molecule has 1 amide bonds. The topological polar surface area (TPSA) is 86.1 Å². The molecule has 3 aromatic heterocycles. The number of nitrogens with one attached hydrogen (secondary N) is 1. The maximum absolute atomic E-state index is 11.8. The van der Waals surface area contributed by atoms with E-state index in [1.807, 2.05) is 10.8 Å². The molecule has 7 heteroatoms. The molecule has 0 atom stereocenters. The number of carbonyl (C=O) groups is 1. The van der Waals surface area contributed by atoms with E-state index in [9.17, 15) is 4.79 Å². The third kappa shape index (κ3) is 3.63. The lowest BCUT2D eigenvalue weighted by Crippen LogP contribution is -2.26. The molecule has 3 aromatic rings. The fraction of sp³-hybridized carbons (Fsp3) is 0.267. The summed E-state index contributed by atoms with van der Waals surface area (Å²) in [7, 11) is 0. The molecule has 22 heavy (non-hydrogen) atoms. The molecule has 0 aromatic carbocycles. The Hall–Kier alpha value is -2.83. The first-order valence-corrected chi connectivity index (χ1v) is 7.03. The quantitative estimate of drug-likeness (QED) is 0.673. The third-order valence-electron chi connectivity index (χ3n) is 3.14. The minimum atomic E-state index is -0.0788. The van der Waals surface area contributed by atoms with Crippen molar-refractivity contribution in [1.82, 2.24) is 20.0 Å². The smallest absolute Gasteiger partial charge is 0.226 e.